The summed E-state index contributed by atoms with van der Waals surface area (Å²) in [6.45, 7) is 11.9. The van der Waals surface area contributed by atoms with Crippen molar-refractivity contribution in [2.45, 2.75) is 109 Å². The van der Waals surface area contributed by atoms with Crippen LogP contribution in [0.25, 0.3) is 0 Å². The monoisotopic (exact) mass is 506 g/mol. The highest BCUT2D eigenvalue weighted by Crippen LogP contribution is 2.65. The smallest absolute Gasteiger partial charge is 0.0937 e. The van der Waals surface area contributed by atoms with Crippen LogP contribution in [-0.2, 0) is 18.3 Å². The van der Waals surface area contributed by atoms with Crippen LogP contribution in [0.1, 0.15) is 84.8 Å². The molecule has 1 aromatic rings. The van der Waals surface area contributed by atoms with Gasteiger partial charge in [-0.1, -0.05) is 43.2 Å². The minimum Gasteiger partial charge on any atom is -0.393 e. The van der Waals surface area contributed by atoms with Crippen LogP contribution in [0.2, 0.25) is 0 Å². The van der Waals surface area contributed by atoms with Gasteiger partial charge in [-0.05, 0) is 93.0 Å². The van der Waals surface area contributed by atoms with E-state index in [1.807, 2.05) is 17.9 Å². The van der Waals surface area contributed by atoms with Crippen molar-refractivity contribution < 1.29 is 9.84 Å². The largest absolute Gasteiger partial charge is 0.393 e. The Kier molecular flexibility index (Phi) is 5.63. The molecule has 0 bridgehead atoms. The predicted molar refractivity (Wildman–Crippen MR) is 143 cm³/mol. The minimum atomic E-state index is -0.132. The quantitative estimate of drug-likeness (QED) is 0.569. The summed E-state index contributed by atoms with van der Waals surface area (Å²) in [7, 11) is 2.01. The molecule has 1 N–H and O–H groups in total. The van der Waals surface area contributed by atoms with Crippen LogP contribution in [-0.4, -0.2) is 55.4 Å². The Morgan fingerprint density at radius 3 is 2.81 bits per heavy atom. The van der Waals surface area contributed by atoms with Gasteiger partial charge in [-0.3, -0.25) is 9.58 Å². The lowest BCUT2D eigenvalue weighted by molar-refractivity contribution is -0.0658. The van der Waals surface area contributed by atoms with Gasteiger partial charge in [-0.15, -0.1) is 5.10 Å². The summed E-state index contributed by atoms with van der Waals surface area (Å²) < 4.78 is 9.22. The van der Waals surface area contributed by atoms with Gasteiger partial charge in [0.2, 0.25) is 0 Å². The van der Waals surface area contributed by atoms with Gasteiger partial charge in [0.05, 0.1) is 29.7 Å². The van der Waals surface area contributed by atoms with E-state index < -0.39 is 0 Å². The molecule has 7 rings (SSSR count). The van der Waals surface area contributed by atoms with Crippen molar-refractivity contribution >= 4 is 0 Å². The normalized spacial score (nSPS) is 47.5. The molecule has 6 aliphatic rings. The molecule has 0 aromatic carbocycles. The van der Waals surface area contributed by atoms with E-state index in [0.29, 0.717) is 24.0 Å². The van der Waals surface area contributed by atoms with Crippen molar-refractivity contribution in [3.8, 4) is 0 Å². The predicted octanol–water partition coefficient (Wildman–Crippen LogP) is 5.04. The molecule has 0 radical (unpaired) electrons. The number of ether oxygens (including phenoxy) is 1. The number of piperidine rings is 1. The third-order valence-electron chi connectivity index (χ3n) is 12.3. The molecule has 2 saturated heterocycles. The van der Waals surface area contributed by atoms with E-state index in [2.05, 4.69) is 49.0 Å². The fourth-order valence-corrected chi connectivity index (χ4v) is 10.3. The van der Waals surface area contributed by atoms with Crippen LogP contribution in [0.5, 0.6) is 0 Å². The van der Waals surface area contributed by atoms with E-state index in [0.717, 1.165) is 50.1 Å². The van der Waals surface area contributed by atoms with Gasteiger partial charge in [-0.25, -0.2) is 0 Å². The summed E-state index contributed by atoms with van der Waals surface area (Å²) in [6.07, 6.45) is 13.7. The zero-order valence-corrected chi connectivity index (χ0v) is 23.5. The summed E-state index contributed by atoms with van der Waals surface area (Å²) in [5.74, 6) is 3.36. The summed E-state index contributed by atoms with van der Waals surface area (Å²) >= 11 is 0. The molecule has 3 heterocycles. The number of fused-ring (bicyclic) bond motifs is 6. The second-order valence-corrected chi connectivity index (χ2v) is 14.0. The first kappa shape index (κ1) is 24.5. The van der Waals surface area contributed by atoms with Crippen molar-refractivity contribution in [1.82, 2.24) is 19.9 Å². The Morgan fingerprint density at radius 1 is 1.19 bits per heavy atom. The van der Waals surface area contributed by atoms with Gasteiger partial charge >= 0.3 is 0 Å². The number of hydrogen-bond donors (Lipinski definition) is 1. The van der Waals surface area contributed by atoms with Crippen molar-refractivity contribution in [2.24, 2.45) is 42.1 Å². The van der Waals surface area contributed by atoms with Gasteiger partial charge in [0, 0.05) is 32.1 Å². The van der Waals surface area contributed by atoms with E-state index in [9.17, 15) is 5.11 Å². The molecular formula is C31H46N4O2. The van der Waals surface area contributed by atoms with Crippen LogP contribution in [0.15, 0.2) is 29.0 Å². The Labute approximate surface area is 222 Å². The van der Waals surface area contributed by atoms with Gasteiger partial charge in [0.15, 0.2) is 0 Å². The summed E-state index contributed by atoms with van der Waals surface area (Å²) in [4.78, 5) is 2.69. The third-order valence-corrected chi connectivity index (χ3v) is 12.3. The molecule has 4 aliphatic carbocycles. The van der Waals surface area contributed by atoms with Crippen LogP contribution in [0.3, 0.4) is 0 Å². The van der Waals surface area contributed by atoms with Crippen molar-refractivity contribution in [3.05, 3.63) is 34.7 Å². The number of aliphatic hydroxyl groups is 1. The fraction of sp³-hybridized carbons (Fsp3) is 0.806. The topological polar surface area (TPSA) is 63.4 Å². The Morgan fingerprint density at radius 2 is 2.03 bits per heavy atom. The molecule has 6 nitrogen and oxygen atoms in total. The van der Waals surface area contributed by atoms with Crippen LogP contribution in [0, 0.1) is 35.0 Å². The van der Waals surface area contributed by atoms with Crippen molar-refractivity contribution in [3.63, 3.8) is 0 Å². The fourth-order valence-electron chi connectivity index (χ4n) is 10.3. The first-order chi connectivity index (χ1) is 17.7. The molecule has 2 aliphatic heterocycles. The van der Waals surface area contributed by atoms with Crippen LogP contribution in [0.4, 0.5) is 0 Å². The van der Waals surface area contributed by atoms with E-state index in [1.165, 1.54) is 37.8 Å². The zero-order chi connectivity index (χ0) is 25.7. The molecule has 4 fully saturated rings. The summed E-state index contributed by atoms with van der Waals surface area (Å²) in [6, 6.07) is 0.451. The van der Waals surface area contributed by atoms with Crippen molar-refractivity contribution in [2.75, 3.05) is 6.54 Å². The molecule has 2 saturated carbocycles. The second kappa shape index (κ2) is 8.50. The highest BCUT2D eigenvalue weighted by molar-refractivity contribution is 5.38. The maximum absolute atomic E-state index is 10.4. The Hall–Kier alpha value is -1.50. The third kappa shape index (κ3) is 3.47. The zero-order valence-electron chi connectivity index (χ0n) is 23.5. The average Bonchev–Trinajstić information content (AvgIpc) is 3.52. The molecule has 1 aromatic heterocycles. The van der Waals surface area contributed by atoms with Crippen LogP contribution < -0.4 is 0 Å². The number of nitrogens with zero attached hydrogens (tertiary/aromatic N) is 4. The maximum atomic E-state index is 10.4. The number of likely N-dealkylation sites (tertiary alicyclic amines) is 1. The number of aromatic nitrogens is 3. The van der Waals surface area contributed by atoms with Gasteiger partial charge in [0.25, 0.3) is 0 Å². The molecule has 1 spiro atoms. The highest BCUT2D eigenvalue weighted by Gasteiger charge is 2.61. The van der Waals surface area contributed by atoms with Gasteiger partial charge in [-0.2, -0.15) is 0 Å². The van der Waals surface area contributed by atoms with E-state index in [-0.39, 0.29) is 17.1 Å². The second-order valence-electron chi connectivity index (χ2n) is 14.0. The number of aliphatic hydroxyl groups excluding tert-OH is 1. The lowest BCUT2D eigenvalue weighted by atomic mass is 9.56. The molecular weight excluding hydrogens is 460 g/mol. The summed E-state index contributed by atoms with van der Waals surface area (Å²) in [5.41, 5.74) is 6.26. The molecule has 202 valence electrons. The Bertz CT molecular complexity index is 1140. The first-order valence-electron chi connectivity index (χ1n) is 15.0. The Balaban J connectivity index is 1.20. The molecule has 0 amide bonds. The molecule has 0 unspecified atom stereocenters. The SMILES string of the molecule is CC1=C2C[C@H]3[C@@H](CC=C4C[C@@H](O)CC[C@@]43C)[C@@H]2CC[C@]12O[C@@H]1C[C@H](C)CN(Cc3cnnn3C)[C@H]1[C@H]2C. The minimum absolute atomic E-state index is 0.110. The number of rotatable bonds is 2. The molecule has 37 heavy (non-hydrogen) atoms. The van der Waals surface area contributed by atoms with E-state index >= 15 is 0 Å². The number of aryl methyl sites for hydroxylation is 1. The van der Waals surface area contributed by atoms with Gasteiger partial charge < -0.3 is 9.84 Å². The average molecular weight is 507 g/mol. The maximum Gasteiger partial charge on any atom is 0.0937 e. The van der Waals surface area contributed by atoms with Gasteiger partial charge in [0.1, 0.15) is 0 Å². The molecule has 10 atom stereocenters. The standard InChI is InChI=1S/C31H46N4O2/c1-18-12-28-29(35(16-18)17-22-15-32-33-34(22)5)20(3)31(37-28)11-9-24-25-7-6-21-13-23(36)8-10-30(21,4)27(25)14-26(24)19(31)2/h6,15,18,20,23-25,27-29,36H,7-14,16-17H2,1-5H3/t18-,20+,23-,24-,25-,27-,28+,29-,30-,31-/m0/s1. The van der Waals surface area contributed by atoms with Crippen LogP contribution >= 0.6 is 0 Å². The van der Waals surface area contributed by atoms with E-state index in [4.69, 9.17) is 4.74 Å². The lowest BCUT2D eigenvalue weighted by Crippen LogP contribution is -2.51. The lowest BCUT2D eigenvalue weighted by Gasteiger charge is -2.49. The number of hydrogen-bond acceptors (Lipinski definition) is 5. The molecule has 6 heteroatoms. The summed E-state index contributed by atoms with van der Waals surface area (Å²) in [5, 5.41) is 18.7. The highest BCUT2D eigenvalue weighted by atomic mass is 16.5. The first-order valence-corrected chi connectivity index (χ1v) is 15.0. The number of allylic oxidation sites excluding steroid dienone is 2. The van der Waals surface area contributed by atoms with E-state index in [1.54, 1.807) is 16.7 Å². The van der Waals surface area contributed by atoms with Crippen molar-refractivity contribution in [1.29, 1.82) is 0 Å².